The third-order valence-electron chi connectivity index (χ3n) is 6.89. The fourth-order valence-corrected chi connectivity index (χ4v) is 6.62. The van der Waals surface area contributed by atoms with E-state index in [1.54, 1.807) is 12.1 Å². The lowest BCUT2D eigenvalue weighted by atomic mass is 10.2. The molecule has 4 rings (SSSR count). The van der Waals surface area contributed by atoms with Gasteiger partial charge in [-0.15, -0.1) is 0 Å². The first-order valence-corrected chi connectivity index (χ1v) is 17.4. The molecule has 0 atom stereocenters. The summed E-state index contributed by atoms with van der Waals surface area (Å²) in [6.45, 7) is 6.14. The first-order chi connectivity index (χ1) is 20.5. The van der Waals surface area contributed by atoms with Crippen LogP contribution in [-0.4, -0.2) is 42.1 Å². The molecule has 0 saturated heterocycles. The Kier molecular flexibility index (Phi) is 12.0. The number of nitrogens with zero attached hydrogens (tertiary/aromatic N) is 4. The first kappa shape index (κ1) is 34.2. The lowest BCUT2D eigenvalue weighted by Gasteiger charge is -2.24. The van der Waals surface area contributed by atoms with Crippen molar-refractivity contribution in [2.45, 2.75) is 39.8 Å². The second-order valence-electron chi connectivity index (χ2n) is 9.47. The Balaban J connectivity index is 1.76. The van der Waals surface area contributed by atoms with Crippen LogP contribution in [0.2, 0.25) is 20.1 Å². The number of allylic oxidation sites excluding steroid dienone is 2. The molecule has 1 aliphatic rings. The zero-order valence-corrected chi connectivity index (χ0v) is 27.9. The normalized spacial score (nSPS) is 14.7. The summed E-state index contributed by atoms with van der Waals surface area (Å²) in [4.78, 5) is 3.99. The van der Waals surface area contributed by atoms with Crippen LogP contribution in [0.3, 0.4) is 0 Å². The summed E-state index contributed by atoms with van der Waals surface area (Å²) in [7, 11) is -4.37. The molecular formula is C27H29Cl4N4O6S2-. The Labute approximate surface area is 274 Å². The quantitative estimate of drug-likeness (QED) is 0.0499. The van der Waals surface area contributed by atoms with Crippen molar-refractivity contribution in [1.29, 1.82) is 0 Å². The minimum atomic E-state index is -4.37. The van der Waals surface area contributed by atoms with Gasteiger partial charge in [-0.05, 0) is 44.9 Å². The lowest BCUT2D eigenvalue weighted by molar-refractivity contribution is -0.777. The summed E-state index contributed by atoms with van der Waals surface area (Å²) in [5.74, 6) is 1.69. The van der Waals surface area contributed by atoms with Crippen LogP contribution in [-0.2, 0) is 32.6 Å². The van der Waals surface area contributed by atoms with E-state index in [0.717, 1.165) is 46.1 Å². The summed E-state index contributed by atoms with van der Waals surface area (Å²) in [5.41, 5.74) is 3.39. The highest BCUT2D eigenvalue weighted by Gasteiger charge is 2.31. The van der Waals surface area contributed by atoms with E-state index in [-0.39, 0.29) is 13.0 Å². The van der Waals surface area contributed by atoms with Gasteiger partial charge in [-0.2, -0.15) is 4.33 Å². The van der Waals surface area contributed by atoms with Crippen molar-refractivity contribution in [2.75, 3.05) is 34.4 Å². The van der Waals surface area contributed by atoms with Crippen molar-refractivity contribution in [1.82, 2.24) is 4.57 Å². The molecule has 0 unspecified atom stereocenters. The van der Waals surface area contributed by atoms with Gasteiger partial charge >= 0.3 is 0 Å². The van der Waals surface area contributed by atoms with Crippen LogP contribution in [0.4, 0.5) is 11.4 Å². The number of aromatic nitrogens is 2. The van der Waals surface area contributed by atoms with Crippen LogP contribution in [0.1, 0.15) is 32.5 Å². The van der Waals surface area contributed by atoms with E-state index >= 15 is 0 Å². The molecule has 16 heteroatoms. The molecular weight excluding hydrogens is 682 g/mol. The van der Waals surface area contributed by atoms with Crippen molar-refractivity contribution in [3.63, 3.8) is 0 Å². The smallest absolute Gasteiger partial charge is 0.282 e. The standard InChI is InChI=1S/C27H30Cl4N4O6S2/c1-3-32-22-14-18(28)20(30)16-24(22)34(10-6-12-42-41-40-36)26(32)8-5-9-27-33(4-2)23-15-19(29)21(31)17-25(23)35(27)11-7-13-43(37,38)39/h5,8-9,14-17H,3-4,6-7,10-13H2,1-2H3,(H-,36,37,38,39)/p-1. The molecule has 10 nitrogen and oxygen atoms in total. The third kappa shape index (κ3) is 7.93. The van der Waals surface area contributed by atoms with Crippen LogP contribution in [0.15, 0.2) is 42.2 Å². The van der Waals surface area contributed by atoms with Gasteiger partial charge < -0.3 is 19.6 Å². The van der Waals surface area contributed by atoms with E-state index in [1.807, 2.05) is 54.0 Å². The van der Waals surface area contributed by atoms with Crippen LogP contribution in [0.25, 0.3) is 17.1 Å². The first-order valence-electron chi connectivity index (χ1n) is 13.4. The topological polar surface area (TPSA) is 114 Å². The van der Waals surface area contributed by atoms with Gasteiger partial charge in [0.15, 0.2) is 11.0 Å². The third-order valence-corrected chi connectivity index (χ3v) is 9.73. The summed E-state index contributed by atoms with van der Waals surface area (Å²) in [6.07, 6.45) is 6.61. The van der Waals surface area contributed by atoms with Gasteiger partial charge in [-0.25, -0.2) is 17.6 Å². The minimum Gasteiger partial charge on any atom is -0.748 e. The minimum absolute atomic E-state index is 0.134. The average Bonchev–Trinajstić information content (AvgIpc) is 3.38. The molecule has 2 heterocycles. The zero-order valence-electron chi connectivity index (χ0n) is 23.3. The molecule has 0 saturated carbocycles. The highest BCUT2D eigenvalue weighted by atomic mass is 35.5. The molecule has 234 valence electrons. The molecule has 3 aromatic rings. The largest absolute Gasteiger partial charge is 0.748 e. The highest BCUT2D eigenvalue weighted by Crippen LogP contribution is 2.45. The highest BCUT2D eigenvalue weighted by molar-refractivity contribution is 7.94. The number of rotatable bonds is 14. The van der Waals surface area contributed by atoms with Gasteiger partial charge in [0.25, 0.3) is 5.82 Å². The van der Waals surface area contributed by atoms with Gasteiger partial charge in [0.05, 0.1) is 54.7 Å². The second kappa shape index (κ2) is 15.0. The number of halogens is 4. The van der Waals surface area contributed by atoms with Crippen molar-refractivity contribution >= 4 is 97.0 Å². The van der Waals surface area contributed by atoms with Crippen molar-refractivity contribution in [3.05, 3.63) is 68.2 Å². The molecule has 0 aliphatic carbocycles. The summed E-state index contributed by atoms with van der Waals surface area (Å²) < 4.78 is 42.6. The maximum absolute atomic E-state index is 11.3. The Morgan fingerprint density at radius 3 is 2.23 bits per heavy atom. The molecule has 43 heavy (non-hydrogen) atoms. The Hall–Kier alpha value is -1.71. The van der Waals surface area contributed by atoms with Crippen molar-refractivity contribution in [2.24, 2.45) is 0 Å². The number of hydrogen-bond acceptors (Lipinski definition) is 9. The summed E-state index contributed by atoms with van der Waals surface area (Å²) in [6, 6.07) is 7.19. The van der Waals surface area contributed by atoms with Crippen molar-refractivity contribution < 1.29 is 32.2 Å². The summed E-state index contributed by atoms with van der Waals surface area (Å²) >= 11 is 26.4. The molecule has 0 spiro atoms. The molecule has 1 aliphatic heterocycles. The number of imidazole rings is 1. The predicted molar refractivity (Wildman–Crippen MR) is 170 cm³/mol. The molecule has 2 aromatic carbocycles. The monoisotopic (exact) mass is 709 g/mol. The SMILES string of the molecule is CCN1C(=CC=Cc2n(CC)c3cc(Cl)c(Cl)cc3[n+]2CCCSOO[O-])N(CCCS(=O)(=O)[O-])c2cc(Cl)c(Cl)cc21. The van der Waals surface area contributed by atoms with E-state index in [1.165, 1.54) is 0 Å². The summed E-state index contributed by atoms with van der Waals surface area (Å²) in [5, 5.41) is 15.2. The fourth-order valence-electron chi connectivity index (χ4n) is 5.15. The Morgan fingerprint density at radius 2 is 1.60 bits per heavy atom. The number of anilines is 2. The van der Waals surface area contributed by atoms with Gasteiger partial charge in [0, 0.05) is 54.8 Å². The van der Waals surface area contributed by atoms with Gasteiger partial charge in [0.2, 0.25) is 0 Å². The maximum atomic E-state index is 11.3. The van der Waals surface area contributed by atoms with Gasteiger partial charge in [-0.1, -0.05) is 52.5 Å². The molecule has 0 fully saturated rings. The van der Waals surface area contributed by atoms with E-state index in [2.05, 4.69) is 18.5 Å². The van der Waals surface area contributed by atoms with Crippen LogP contribution in [0.5, 0.6) is 0 Å². The molecule has 0 amide bonds. The zero-order chi connectivity index (χ0) is 31.3. The van der Waals surface area contributed by atoms with Crippen LogP contribution in [0, 0.1) is 0 Å². The fraction of sp³-hybridized carbons (Fsp3) is 0.370. The van der Waals surface area contributed by atoms with Crippen LogP contribution < -0.4 is 19.6 Å². The maximum Gasteiger partial charge on any atom is 0.282 e. The second-order valence-corrected chi connectivity index (χ2v) is 13.4. The number of fused-ring (bicyclic) bond motifs is 2. The van der Waals surface area contributed by atoms with E-state index in [0.29, 0.717) is 51.9 Å². The number of hydrogen-bond donors (Lipinski definition) is 0. The molecule has 1 aromatic heterocycles. The lowest BCUT2D eigenvalue weighted by Crippen LogP contribution is -2.37. The van der Waals surface area contributed by atoms with E-state index < -0.39 is 15.9 Å². The molecule has 0 radical (unpaired) electrons. The average molecular weight is 711 g/mol. The van der Waals surface area contributed by atoms with Crippen molar-refractivity contribution in [3.8, 4) is 0 Å². The number of benzene rings is 2. The van der Waals surface area contributed by atoms with Gasteiger partial charge in [-0.3, -0.25) is 5.04 Å². The van der Waals surface area contributed by atoms with E-state index in [9.17, 15) is 18.2 Å². The molecule has 0 bridgehead atoms. The predicted octanol–water partition coefficient (Wildman–Crippen LogP) is 5.96. The Bertz CT molecular complexity index is 1650. The van der Waals surface area contributed by atoms with Gasteiger partial charge in [0.1, 0.15) is 5.82 Å². The van der Waals surface area contributed by atoms with E-state index in [4.69, 9.17) is 46.4 Å². The molecule has 0 N–H and O–H groups in total. The number of aryl methyl sites for hydroxylation is 2. The van der Waals surface area contributed by atoms with Crippen LogP contribution >= 0.6 is 58.4 Å². The Morgan fingerprint density at radius 1 is 0.953 bits per heavy atom.